The number of rotatable bonds is 6. The first-order valence-electron chi connectivity index (χ1n) is 27.8. The fourth-order valence-corrected chi connectivity index (χ4v) is 12.2. The zero-order valence-electron chi connectivity index (χ0n) is 47.8. The lowest BCUT2D eigenvalue weighted by molar-refractivity contribution is 0.589. The highest BCUT2D eigenvalue weighted by molar-refractivity contribution is 6.13. The van der Waals surface area contributed by atoms with Gasteiger partial charge in [-0.2, -0.15) is 0 Å². The smallest absolute Gasteiger partial charge is 0.0948 e. The van der Waals surface area contributed by atoms with E-state index in [1.54, 1.807) is 0 Å². The Labute approximate surface area is 459 Å². The molecule has 3 aliphatic rings. The quantitative estimate of drug-likeness (QED) is 0.165. The van der Waals surface area contributed by atoms with Gasteiger partial charge in [-0.05, 0) is 163 Å². The highest BCUT2D eigenvalue weighted by Gasteiger charge is 2.43. The number of anilines is 12. The third-order valence-corrected chi connectivity index (χ3v) is 16.7. The van der Waals surface area contributed by atoms with Crippen molar-refractivity contribution in [2.45, 2.75) is 124 Å². The van der Waals surface area contributed by atoms with Crippen LogP contribution in [0.1, 0.15) is 130 Å². The predicted octanol–water partition coefficient (Wildman–Crippen LogP) is 21.4. The summed E-state index contributed by atoms with van der Waals surface area (Å²) in [5.41, 5.74) is 26.1. The first-order chi connectivity index (χ1) is 36.5. The summed E-state index contributed by atoms with van der Waals surface area (Å²) in [7, 11) is 0. The maximum absolute atomic E-state index is 2.60. The molecule has 0 fully saturated rings. The second kappa shape index (κ2) is 17.6. The number of para-hydroxylation sites is 1. The van der Waals surface area contributed by atoms with Gasteiger partial charge in [0.15, 0.2) is 0 Å². The molecule has 77 heavy (non-hydrogen) atoms. The molecule has 0 saturated heterocycles. The van der Waals surface area contributed by atoms with E-state index in [0.717, 1.165) is 62.6 Å². The lowest BCUT2D eigenvalue weighted by Crippen LogP contribution is -2.32. The van der Waals surface area contributed by atoms with Crippen molar-refractivity contribution in [1.29, 1.82) is 0 Å². The molecule has 12 rings (SSSR count). The zero-order chi connectivity index (χ0) is 54.1. The first kappa shape index (κ1) is 50.0. The average molecular weight is 1010 g/mol. The fourth-order valence-electron chi connectivity index (χ4n) is 12.2. The van der Waals surface area contributed by atoms with Crippen molar-refractivity contribution < 1.29 is 0 Å². The monoisotopic (exact) mass is 1010 g/mol. The Balaban J connectivity index is 1.18. The van der Waals surface area contributed by atoms with E-state index in [0.29, 0.717) is 0 Å². The number of benzene rings is 9. The van der Waals surface area contributed by atoms with Gasteiger partial charge in [-0.15, -0.1) is 0 Å². The van der Waals surface area contributed by atoms with Crippen molar-refractivity contribution in [3.63, 3.8) is 0 Å². The second-order valence-corrected chi connectivity index (χ2v) is 26.5. The molecular formula is C73H74N4. The van der Waals surface area contributed by atoms with E-state index in [-0.39, 0.29) is 27.1 Å². The van der Waals surface area contributed by atoms with E-state index in [2.05, 4.69) is 311 Å². The summed E-state index contributed by atoms with van der Waals surface area (Å²) in [5.74, 6) is 0. The molecule has 0 N–H and O–H groups in total. The van der Waals surface area contributed by atoms with Gasteiger partial charge in [0.1, 0.15) is 0 Å². The molecule has 386 valence electrons. The molecule has 4 heteroatoms. The Morgan fingerprint density at radius 1 is 0.325 bits per heavy atom. The van der Waals surface area contributed by atoms with Crippen LogP contribution in [0.25, 0.3) is 22.3 Å². The maximum Gasteiger partial charge on any atom is 0.0948 e. The van der Waals surface area contributed by atoms with Crippen LogP contribution < -0.4 is 19.6 Å². The van der Waals surface area contributed by atoms with E-state index in [1.165, 1.54) is 61.3 Å². The lowest BCUT2D eigenvalue weighted by Gasteiger charge is -2.48. The Morgan fingerprint density at radius 2 is 0.818 bits per heavy atom. The van der Waals surface area contributed by atoms with Crippen LogP contribution in [-0.4, -0.2) is 0 Å². The van der Waals surface area contributed by atoms with Gasteiger partial charge in [0.2, 0.25) is 0 Å². The van der Waals surface area contributed by atoms with E-state index in [9.17, 15) is 0 Å². The molecule has 0 saturated carbocycles. The van der Waals surface area contributed by atoms with Gasteiger partial charge in [0.05, 0.1) is 45.5 Å². The highest BCUT2D eigenvalue weighted by atomic mass is 15.3. The largest absolute Gasteiger partial charge is 0.310 e. The van der Waals surface area contributed by atoms with Crippen molar-refractivity contribution >= 4 is 68.2 Å². The zero-order valence-corrected chi connectivity index (χ0v) is 47.8. The molecule has 2 aliphatic heterocycles. The Bertz CT molecular complexity index is 3760. The van der Waals surface area contributed by atoms with Crippen LogP contribution in [0.4, 0.5) is 68.2 Å². The Hall–Kier alpha value is -7.82. The van der Waals surface area contributed by atoms with Gasteiger partial charge in [0.25, 0.3) is 0 Å². The standard InChI is InChI=1S/C73H74N4/c1-69(2,3)48-29-33-53(34-30-48)75-62-39-32-50(71(7,8)9)42-64(62)77-63-40-36-55(74(52-25-19-16-20-26-52)61-38-31-49(70(4,5)6)41-57(61)47-23-17-15-18-24-47)46-65(63)76(67-44-51(72(10,11)12)43-66(75)68(67)77)54-35-37-60-58(45-54)56-27-21-22-28-59(56)73(60,13)14/h15-46H,1-14H3. The van der Waals surface area contributed by atoms with Gasteiger partial charge < -0.3 is 19.6 Å². The summed E-state index contributed by atoms with van der Waals surface area (Å²) in [6.45, 7) is 32.6. The molecule has 0 bridgehead atoms. The van der Waals surface area contributed by atoms with E-state index in [4.69, 9.17) is 0 Å². The highest BCUT2D eigenvalue weighted by Crippen LogP contribution is 2.65. The minimum Gasteiger partial charge on any atom is -0.310 e. The number of hydrogen-bond acceptors (Lipinski definition) is 4. The van der Waals surface area contributed by atoms with Crippen molar-refractivity contribution in [2.24, 2.45) is 0 Å². The van der Waals surface area contributed by atoms with Crippen molar-refractivity contribution in [3.05, 3.63) is 228 Å². The molecular weight excluding hydrogens is 933 g/mol. The molecule has 4 nitrogen and oxygen atoms in total. The minimum atomic E-state index is -0.180. The topological polar surface area (TPSA) is 13.0 Å². The molecule has 0 aromatic heterocycles. The van der Waals surface area contributed by atoms with Crippen molar-refractivity contribution in [2.75, 3.05) is 19.6 Å². The summed E-state index contributed by atoms with van der Waals surface area (Å²) in [6.07, 6.45) is 0. The number of nitrogens with zero attached hydrogens (tertiary/aromatic N) is 4. The van der Waals surface area contributed by atoms with Crippen LogP contribution >= 0.6 is 0 Å². The molecule has 9 aromatic rings. The van der Waals surface area contributed by atoms with Gasteiger partial charge >= 0.3 is 0 Å². The van der Waals surface area contributed by atoms with E-state index < -0.39 is 0 Å². The summed E-state index contributed by atoms with van der Waals surface area (Å²) < 4.78 is 0. The van der Waals surface area contributed by atoms with Crippen molar-refractivity contribution in [3.8, 4) is 22.3 Å². The molecule has 0 amide bonds. The molecule has 0 atom stereocenters. The minimum absolute atomic E-state index is 0.0196. The van der Waals surface area contributed by atoms with Crippen LogP contribution in [0.2, 0.25) is 0 Å². The SMILES string of the molecule is CC(C)(C)c1ccc(N2c3ccc(C(C)(C)C)cc3N3c4ccc(N(c5ccccc5)c5ccc(C(C)(C)C)cc5-c5ccccc5)cc4N(c4ccc5c(c4)-c4ccccc4C5(C)C)c4cc(C(C)(C)C)cc2c43)cc1. The summed E-state index contributed by atoms with van der Waals surface area (Å²) in [4.78, 5) is 10.2. The van der Waals surface area contributed by atoms with Gasteiger partial charge in [-0.25, -0.2) is 0 Å². The van der Waals surface area contributed by atoms with Crippen LogP contribution in [0.15, 0.2) is 194 Å². The summed E-state index contributed by atoms with van der Waals surface area (Å²) >= 11 is 0. The second-order valence-electron chi connectivity index (χ2n) is 26.5. The molecule has 9 aromatic carbocycles. The van der Waals surface area contributed by atoms with Crippen molar-refractivity contribution in [1.82, 2.24) is 0 Å². The Morgan fingerprint density at radius 3 is 1.47 bits per heavy atom. The molecule has 0 radical (unpaired) electrons. The molecule has 0 spiro atoms. The fraction of sp³-hybridized carbons (Fsp3) is 0.260. The van der Waals surface area contributed by atoms with Gasteiger partial charge in [-0.3, -0.25) is 0 Å². The maximum atomic E-state index is 2.60. The number of fused-ring (bicyclic) bond motifs is 7. The van der Waals surface area contributed by atoms with E-state index >= 15 is 0 Å². The average Bonchev–Trinajstić information content (AvgIpc) is 3.83. The third-order valence-electron chi connectivity index (χ3n) is 16.7. The molecule has 1 aliphatic carbocycles. The summed E-state index contributed by atoms with van der Waals surface area (Å²) in [5, 5.41) is 0. The molecule has 0 unspecified atom stereocenters. The molecule has 2 heterocycles. The third kappa shape index (κ3) is 8.34. The normalized spacial score (nSPS) is 14.4. The van der Waals surface area contributed by atoms with Gasteiger partial charge in [0, 0.05) is 33.7 Å². The van der Waals surface area contributed by atoms with Crippen LogP contribution in [0, 0.1) is 0 Å². The first-order valence-corrected chi connectivity index (χ1v) is 27.8. The predicted molar refractivity (Wildman–Crippen MR) is 330 cm³/mol. The van der Waals surface area contributed by atoms with E-state index in [1.807, 2.05) is 0 Å². The Kier molecular flexibility index (Phi) is 11.4. The summed E-state index contributed by atoms with van der Waals surface area (Å²) in [6, 6.07) is 74.0. The van der Waals surface area contributed by atoms with Crippen LogP contribution in [0.5, 0.6) is 0 Å². The van der Waals surface area contributed by atoms with Crippen LogP contribution in [0.3, 0.4) is 0 Å². The van der Waals surface area contributed by atoms with Crippen LogP contribution in [-0.2, 0) is 27.1 Å². The lowest BCUT2D eigenvalue weighted by atomic mass is 9.82. The van der Waals surface area contributed by atoms with Gasteiger partial charge in [-0.1, -0.05) is 200 Å². The number of hydrogen-bond donors (Lipinski definition) is 0.